The monoisotopic (exact) mass is 442 g/mol. The summed E-state index contributed by atoms with van der Waals surface area (Å²) >= 11 is 0. The molecule has 0 radical (unpaired) electrons. The first-order chi connectivity index (χ1) is 15.4. The van der Waals surface area contributed by atoms with Crippen molar-refractivity contribution in [2.24, 2.45) is 0 Å². The Labute approximate surface area is 194 Å². The molecule has 3 rings (SSSR count). The van der Waals surface area contributed by atoms with Gasteiger partial charge in [0.2, 0.25) is 0 Å². The van der Waals surface area contributed by atoms with E-state index < -0.39 is 0 Å². The quantitative estimate of drug-likeness (QED) is 0.496. The average molecular weight is 443 g/mol. The van der Waals surface area contributed by atoms with Crippen molar-refractivity contribution in [2.45, 2.75) is 90.4 Å². The number of amides is 2. The van der Waals surface area contributed by atoms with Gasteiger partial charge in [0.05, 0.1) is 12.2 Å². The largest absolute Gasteiger partial charge is 0.371 e. The number of carbonyl (C=O) groups is 1. The predicted molar refractivity (Wildman–Crippen MR) is 130 cm³/mol. The van der Waals surface area contributed by atoms with Gasteiger partial charge in [-0.05, 0) is 76.5 Å². The summed E-state index contributed by atoms with van der Waals surface area (Å²) in [7, 11) is 0. The Kier molecular flexibility index (Phi) is 9.11. The highest BCUT2D eigenvalue weighted by Gasteiger charge is 2.33. The zero-order valence-corrected chi connectivity index (χ0v) is 20.3. The fraction of sp³-hybridized carbons (Fsp3) is 0.692. The molecule has 0 aromatic heterocycles. The molecule has 0 aliphatic carbocycles. The lowest BCUT2D eigenvalue weighted by atomic mass is 9.92. The fourth-order valence-corrected chi connectivity index (χ4v) is 4.88. The van der Waals surface area contributed by atoms with Crippen LogP contribution in [0.3, 0.4) is 0 Å². The van der Waals surface area contributed by atoms with Gasteiger partial charge in [-0.25, -0.2) is 4.79 Å². The van der Waals surface area contributed by atoms with Gasteiger partial charge in [-0.1, -0.05) is 31.2 Å². The number of piperidine rings is 1. The molecule has 32 heavy (non-hydrogen) atoms. The number of urea groups is 1. The number of hydrogen-bond acceptors (Lipinski definition) is 4. The summed E-state index contributed by atoms with van der Waals surface area (Å²) in [6.07, 6.45) is 8.17. The molecule has 0 saturated carbocycles. The predicted octanol–water partition coefficient (Wildman–Crippen LogP) is 5.10. The SMILES string of the molecule is CCC(C)(CC1CCCN1CCCNC(=O)N1CCCCC1=N)OCc1ccccc1C. The summed E-state index contributed by atoms with van der Waals surface area (Å²) in [5.41, 5.74) is 2.43. The van der Waals surface area contributed by atoms with Gasteiger partial charge in [0.25, 0.3) is 0 Å². The Morgan fingerprint density at radius 3 is 2.81 bits per heavy atom. The molecule has 0 spiro atoms. The van der Waals surface area contributed by atoms with Crippen molar-refractivity contribution in [3.63, 3.8) is 0 Å². The van der Waals surface area contributed by atoms with Crippen LogP contribution >= 0.6 is 0 Å². The van der Waals surface area contributed by atoms with E-state index in [1.54, 1.807) is 4.90 Å². The van der Waals surface area contributed by atoms with E-state index in [-0.39, 0.29) is 11.6 Å². The Morgan fingerprint density at radius 1 is 1.25 bits per heavy atom. The maximum Gasteiger partial charge on any atom is 0.322 e. The molecule has 2 aliphatic heterocycles. The highest BCUT2D eigenvalue weighted by Crippen LogP contribution is 2.31. The minimum Gasteiger partial charge on any atom is -0.371 e. The number of nitrogens with zero attached hydrogens (tertiary/aromatic N) is 2. The zero-order valence-electron chi connectivity index (χ0n) is 20.3. The Balaban J connectivity index is 1.43. The highest BCUT2D eigenvalue weighted by atomic mass is 16.5. The van der Waals surface area contributed by atoms with E-state index in [0.29, 0.717) is 38.0 Å². The van der Waals surface area contributed by atoms with Crippen LogP contribution in [0, 0.1) is 12.3 Å². The van der Waals surface area contributed by atoms with E-state index in [2.05, 4.69) is 55.3 Å². The molecule has 2 aliphatic rings. The average Bonchev–Trinajstić information content (AvgIpc) is 3.22. The Bertz CT molecular complexity index is 768. The summed E-state index contributed by atoms with van der Waals surface area (Å²) in [5.74, 6) is 0.456. The van der Waals surface area contributed by atoms with Gasteiger partial charge in [-0.15, -0.1) is 0 Å². The third kappa shape index (κ3) is 6.79. The first-order valence-electron chi connectivity index (χ1n) is 12.5. The number of rotatable bonds is 10. The van der Waals surface area contributed by atoms with E-state index in [4.69, 9.17) is 10.1 Å². The van der Waals surface area contributed by atoms with E-state index in [0.717, 1.165) is 45.2 Å². The molecular formula is C26H42N4O2. The Hall–Kier alpha value is -1.92. The lowest BCUT2D eigenvalue weighted by molar-refractivity contribution is -0.0639. The van der Waals surface area contributed by atoms with Crippen LogP contribution < -0.4 is 5.32 Å². The van der Waals surface area contributed by atoms with E-state index in [9.17, 15) is 4.79 Å². The summed E-state index contributed by atoms with van der Waals surface area (Å²) < 4.78 is 6.48. The van der Waals surface area contributed by atoms with Crippen LogP contribution in [0.15, 0.2) is 24.3 Å². The van der Waals surface area contributed by atoms with Crippen molar-refractivity contribution >= 4 is 11.9 Å². The van der Waals surface area contributed by atoms with Crippen molar-refractivity contribution in [1.29, 1.82) is 5.41 Å². The van der Waals surface area contributed by atoms with E-state index in [1.165, 1.54) is 24.0 Å². The molecule has 2 fully saturated rings. The van der Waals surface area contributed by atoms with Gasteiger partial charge < -0.3 is 15.0 Å². The van der Waals surface area contributed by atoms with Crippen LogP contribution in [0.2, 0.25) is 0 Å². The maximum absolute atomic E-state index is 12.4. The van der Waals surface area contributed by atoms with Crippen LogP contribution in [-0.2, 0) is 11.3 Å². The number of ether oxygens (including phenoxy) is 1. The molecule has 2 atom stereocenters. The Morgan fingerprint density at radius 2 is 2.06 bits per heavy atom. The fourth-order valence-electron chi connectivity index (χ4n) is 4.88. The number of carbonyl (C=O) groups excluding carboxylic acids is 1. The molecule has 2 saturated heterocycles. The summed E-state index contributed by atoms with van der Waals surface area (Å²) in [6, 6.07) is 8.91. The summed E-state index contributed by atoms with van der Waals surface area (Å²) in [6.45, 7) is 10.8. The number of amidine groups is 1. The van der Waals surface area contributed by atoms with Gasteiger partial charge >= 0.3 is 6.03 Å². The van der Waals surface area contributed by atoms with E-state index in [1.807, 2.05) is 0 Å². The van der Waals surface area contributed by atoms with Gasteiger partial charge in [-0.3, -0.25) is 10.3 Å². The number of aryl methyl sites for hydroxylation is 1. The molecular weight excluding hydrogens is 400 g/mol. The molecule has 1 aromatic carbocycles. The minimum absolute atomic E-state index is 0.101. The topological polar surface area (TPSA) is 68.7 Å². The van der Waals surface area contributed by atoms with Crippen LogP contribution in [0.1, 0.15) is 76.3 Å². The lowest BCUT2D eigenvalue weighted by Crippen LogP contribution is -2.46. The van der Waals surface area contributed by atoms with Crippen LogP contribution in [-0.4, -0.2) is 59.5 Å². The zero-order chi connectivity index (χ0) is 23.0. The molecule has 6 nitrogen and oxygen atoms in total. The van der Waals surface area contributed by atoms with E-state index >= 15 is 0 Å². The van der Waals surface area contributed by atoms with Crippen LogP contribution in [0.25, 0.3) is 0 Å². The molecule has 2 amide bonds. The van der Waals surface area contributed by atoms with Crippen molar-refractivity contribution in [3.05, 3.63) is 35.4 Å². The first kappa shape index (κ1) is 24.7. The van der Waals surface area contributed by atoms with Crippen molar-refractivity contribution in [1.82, 2.24) is 15.1 Å². The van der Waals surface area contributed by atoms with Gasteiger partial charge in [0.1, 0.15) is 5.84 Å². The third-order valence-corrected chi connectivity index (χ3v) is 7.27. The number of hydrogen-bond donors (Lipinski definition) is 2. The molecule has 0 bridgehead atoms. The number of likely N-dealkylation sites (tertiary alicyclic amines) is 2. The van der Waals surface area contributed by atoms with Crippen molar-refractivity contribution in [3.8, 4) is 0 Å². The summed E-state index contributed by atoms with van der Waals surface area (Å²) in [5, 5.41) is 11.0. The van der Waals surface area contributed by atoms with Crippen LogP contribution in [0.5, 0.6) is 0 Å². The molecule has 178 valence electrons. The van der Waals surface area contributed by atoms with Crippen LogP contribution in [0.4, 0.5) is 4.79 Å². The molecule has 6 heteroatoms. The second-order valence-electron chi connectivity index (χ2n) is 9.70. The van der Waals surface area contributed by atoms with Crippen molar-refractivity contribution in [2.75, 3.05) is 26.2 Å². The second kappa shape index (κ2) is 11.8. The standard InChI is InChI=1S/C26H42N4O2/c1-4-26(3,32-20-22-12-6-5-11-21(22)2)19-23-13-9-16-29(23)17-10-15-28-25(31)30-18-8-7-14-24(30)27/h5-6,11-12,23,27H,4,7-10,13-20H2,1-3H3,(H,28,31). The third-order valence-electron chi connectivity index (χ3n) is 7.27. The van der Waals surface area contributed by atoms with Crippen molar-refractivity contribution < 1.29 is 9.53 Å². The number of benzene rings is 1. The minimum atomic E-state index is -0.127. The van der Waals surface area contributed by atoms with Gasteiger partial charge in [0.15, 0.2) is 0 Å². The molecule has 2 heterocycles. The first-order valence-corrected chi connectivity index (χ1v) is 12.5. The van der Waals surface area contributed by atoms with Gasteiger partial charge in [0, 0.05) is 32.1 Å². The smallest absolute Gasteiger partial charge is 0.322 e. The lowest BCUT2D eigenvalue weighted by Gasteiger charge is -2.35. The molecule has 2 unspecified atom stereocenters. The normalized spacial score (nSPS) is 21.5. The maximum atomic E-state index is 12.4. The second-order valence-corrected chi connectivity index (χ2v) is 9.70. The van der Waals surface area contributed by atoms with Gasteiger partial charge in [-0.2, -0.15) is 0 Å². The number of nitrogens with one attached hydrogen (secondary N) is 2. The molecule has 1 aromatic rings. The molecule has 2 N–H and O–H groups in total. The summed E-state index contributed by atoms with van der Waals surface area (Å²) in [4.78, 5) is 16.5. The highest BCUT2D eigenvalue weighted by molar-refractivity contribution is 5.96.